The zero-order valence-electron chi connectivity index (χ0n) is 10.2. The fourth-order valence-corrected chi connectivity index (χ4v) is 2.55. The Morgan fingerprint density at radius 3 is 2.60 bits per heavy atom. The first-order valence-corrected chi connectivity index (χ1v) is 6.91. The third-order valence-electron chi connectivity index (χ3n) is 2.73. The standard InChI is InChI=1S/C14H11BrClFN2O/c15-8-5-6-9(10(16)7-8)13(14(18)20)19-12-4-2-1-3-11(12)17/h1-7,13,19H,(H2,18,20). The molecule has 104 valence electrons. The predicted molar refractivity (Wildman–Crippen MR) is 81.1 cm³/mol. The molecule has 0 aliphatic rings. The Hall–Kier alpha value is -1.59. The second-order valence-electron chi connectivity index (χ2n) is 4.13. The molecule has 0 aliphatic carbocycles. The molecule has 0 aromatic heterocycles. The average Bonchev–Trinajstić information content (AvgIpc) is 2.38. The second kappa shape index (κ2) is 6.24. The summed E-state index contributed by atoms with van der Waals surface area (Å²) in [4.78, 5) is 11.6. The highest BCUT2D eigenvalue weighted by Gasteiger charge is 2.21. The van der Waals surface area contributed by atoms with Gasteiger partial charge in [-0.15, -0.1) is 0 Å². The van der Waals surface area contributed by atoms with Crippen molar-refractivity contribution in [2.75, 3.05) is 5.32 Å². The first-order chi connectivity index (χ1) is 9.49. The van der Waals surface area contributed by atoms with Crippen LogP contribution in [0.3, 0.4) is 0 Å². The van der Waals surface area contributed by atoms with E-state index in [1.807, 2.05) is 0 Å². The minimum Gasteiger partial charge on any atom is -0.368 e. The van der Waals surface area contributed by atoms with Crippen molar-refractivity contribution >= 4 is 39.1 Å². The normalized spacial score (nSPS) is 11.9. The monoisotopic (exact) mass is 356 g/mol. The lowest BCUT2D eigenvalue weighted by molar-refractivity contribution is -0.118. The fourth-order valence-electron chi connectivity index (χ4n) is 1.77. The number of hydrogen-bond acceptors (Lipinski definition) is 2. The van der Waals surface area contributed by atoms with Crippen LogP contribution in [0, 0.1) is 5.82 Å². The SMILES string of the molecule is NC(=O)C(Nc1ccccc1F)c1ccc(Br)cc1Cl. The number of nitrogens with two attached hydrogens (primary N) is 1. The van der Waals surface area contributed by atoms with E-state index in [0.29, 0.717) is 10.6 Å². The molecule has 0 heterocycles. The number of primary amides is 1. The molecule has 0 radical (unpaired) electrons. The van der Waals surface area contributed by atoms with Crippen LogP contribution in [0.1, 0.15) is 11.6 Å². The molecule has 0 spiro atoms. The van der Waals surface area contributed by atoms with Crippen LogP contribution in [0.15, 0.2) is 46.9 Å². The van der Waals surface area contributed by atoms with Crippen molar-refractivity contribution in [3.05, 3.63) is 63.3 Å². The number of carbonyl (C=O) groups excluding carboxylic acids is 1. The molecule has 0 saturated carbocycles. The van der Waals surface area contributed by atoms with Gasteiger partial charge in [0.1, 0.15) is 11.9 Å². The summed E-state index contributed by atoms with van der Waals surface area (Å²) in [6.07, 6.45) is 0. The van der Waals surface area contributed by atoms with E-state index < -0.39 is 17.8 Å². The van der Waals surface area contributed by atoms with E-state index in [1.165, 1.54) is 12.1 Å². The first kappa shape index (κ1) is 14.8. The Kier molecular flexibility index (Phi) is 4.62. The van der Waals surface area contributed by atoms with Crippen LogP contribution in [0.2, 0.25) is 5.02 Å². The summed E-state index contributed by atoms with van der Waals surface area (Å²) in [7, 11) is 0. The summed E-state index contributed by atoms with van der Waals surface area (Å²) < 4.78 is 14.4. The Labute approximate surface area is 129 Å². The number of nitrogens with one attached hydrogen (secondary N) is 1. The van der Waals surface area contributed by atoms with Gasteiger partial charge in [-0.25, -0.2) is 4.39 Å². The molecule has 20 heavy (non-hydrogen) atoms. The van der Waals surface area contributed by atoms with Gasteiger partial charge in [-0.1, -0.05) is 45.7 Å². The largest absolute Gasteiger partial charge is 0.368 e. The lowest BCUT2D eigenvalue weighted by Crippen LogP contribution is -2.28. The van der Waals surface area contributed by atoms with Crippen LogP contribution in [0.4, 0.5) is 10.1 Å². The molecule has 0 aliphatic heterocycles. The van der Waals surface area contributed by atoms with Gasteiger partial charge >= 0.3 is 0 Å². The van der Waals surface area contributed by atoms with Crippen molar-refractivity contribution in [3.63, 3.8) is 0 Å². The molecule has 0 fully saturated rings. The van der Waals surface area contributed by atoms with E-state index in [-0.39, 0.29) is 5.69 Å². The smallest absolute Gasteiger partial charge is 0.244 e. The van der Waals surface area contributed by atoms with Gasteiger partial charge in [-0.2, -0.15) is 0 Å². The maximum atomic E-state index is 13.6. The van der Waals surface area contributed by atoms with Crippen LogP contribution in [-0.2, 0) is 4.79 Å². The van der Waals surface area contributed by atoms with E-state index in [9.17, 15) is 9.18 Å². The molecular weight excluding hydrogens is 347 g/mol. The second-order valence-corrected chi connectivity index (χ2v) is 5.45. The van der Waals surface area contributed by atoms with Crippen molar-refractivity contribution in [1.82, 2.24) is 0 Å². The quantitative estimate of drug-likeness (QED) is 0.872. The molecule has 1 amide bonds. The van der Waals surface area contributed by atoms with Crippen molar-refractivity contribution < 1.29 is 9.18 Å². The van der Waals surface area contributed by atoms with Gasteiger partial charge in [0.05, 0.1) is 5.69 Å². The van der Waals surface area contributed by atoms with Crippen molar-refractivity contribution in [3.8, 4) is 0 Å². The number of amides is 1. The summed E-state index contributed by atoms with van der Waals surface area (Å²) in [5, 5.41) is 3.14. The van der Waals surface area contributed by atoms with E-state index >= 15 is 0 Å². The third kappa shape index (κ3) is 3.29. The zero-order chi connectivity index (χ0) is 14.7. The Balaban J connectivity index is 2.37. The van der Waals surface area contributed by atoms with E-state index in [4.69, 9.17) is 17.3 Å². The maximum absolute atomic E-state index is 13.6. The Morgan fingerprint density at radius 2 is 2.00 bits per heavy atom. The minimum atomic E-state index is -0.910. The van der Waals surface area contributed by atoms with Gasteiger partial charge in [-0.3, -0.25) is 4.79 Å². The van der Waals surface area contributed by atoms with Gasteiger partial charge in [0.15, 0.2) is 0 Å². The predicted octanol–water partition coefficient (Wildman–Crippen LogP) is 3.88. The van der Waals surface area contributed by atoms with Crippen LogP contribution in [0.25, 0.3) is 0 Å². The molecule has 3 nitrogen and oxygen atoms in total. The van der Waals surface area contributed by atoms with Crippen molar-refractivity contribution in [1.29, 1.82) is 0 Å². The average molecular weight is 358 g/mol. The van der Waals surface area contributed by atoms with Gasteiger partial charge < -0.3 is 11.1 Å². The van der Waals surface area contributed by atoms with Gasteiger partial charge in [0, 0.05) is 15.1 Å². The summed E-state index contributed by atoms with van der Waals surface area (Å²) >= 11 is 9.38. The molecule has 1 atom stereocenters. The third-order valence-corrected chi connectivity index (χ3v) is 3.55. The van der Waals surface area contributed by atoms with Gasteiger partial charge in [-0.05, 0) is 24.3 Å². The summed E-state index contributed by atoms with van der Waals surface area (Å²) in [6, 6.07) is 10.2. The Morgan fingerprint density at radius 1 is 1.30 bits per heavy atom. The molecule has 1 unspecified atom stereocenters. The summed E-state index contributed by atoms with van der Waals surface area (Å²) in [5.74, 6) is -1.11. The number of anilines is 1. The molecule has 6 heteroatoms. The number of para-hydroxylation sites is 1. The lowest BCUT2D eigenvalue weighted by Gasteiger charge is -2.19. The van der Waals surface area contributed by atoms with Crippen LogP contribution < -0.4 is 11.1 Å². The summed E-state index contributed by atoms with van der Waals surface area (Å²) in [6.45, 7) is 0. The molecule has 2 rings (SSSR count). The first-order valence-electron chi connectivity index (χ1n) is 5.74. The molecule has 2 aromatic rings. The van der Waals surface area contributed by atoms with E-state index in [2.05, 4.69) is 21.2 Å². The minimum absolute atomic E-state index is 0.190. The number of hydrogen-bond donors (Lipinski definition) is 2. The molecule has 2 aromatic carbocycles. The van der Waals surface area contributed by atoms with E-state index in [0.717, 1.165) is 4.47 Å². The fraction of sp³-hybridized carbons (Fsp3) is 0.0714. The van der Waals surface area contributed by atoms with Crippen molar-refractivity contribution in [2.24, 2.45) is 5.73 Å². The number of benzene rings is 2. The number of halogens is 3. The highest BCUT2D eigenvalue weighted by molar-refractivity contribution is 9.10. The zero-order valence-corrected chi connectivity index (χ0v) is 12.6. The molecular formula is C14H11BrClFN2O. The highest BCUT2D eigenvalue weighted by atomic mass is 79.9. The number of rotatable bonds is 4. The van der Waals surface area contributed by atoms with Gasteiger partial charge in [0.2, 0.25) is 5.91 Å². The van der Waals surface area contributed by atoms with Gasteiger partial charge in [0.25, 0.3) is 0 Å². The number of carbonyl (C=O) groups is 1. The van der Waals surface area contributed by atoms with Crippen LogP contribution in [0.5, 0.6) is 0 Å². The van der Waals surface area contributed by atoms with Crippen LogP contribution in [-0.4, -0.2) is 5.91 Å². The lowest BCUT2D eigenvalue weighted by atomic mass is 10.1. The van der Waals surface area contributed by atoms with Crippen molar-refractivity contribution in [2.45, 2.75) is 6.04 Å². The van der Waals surface area contributed by atoms with E-state index in [1.54, 1.807) is 30.3 Å². The molecule has 0 saturated heterocycles. The topological polar surface area (TPSA) is 55.1 Å². The Bertz CT molecular complexity index is 651. The molecule has 0 bridgehead atoms. The maximum Gasteiger partial charge on any atom is 0.244 e. The van der Waals surface area contributed by atoms with Crippen LogP contribution >= 0.6 is 27.5 Å². The highest BCUT2D eigenvalue weighted by Crippen LogP contribution is 2.29. The summed E-state index contributed by atoms with van der Waals surface area (Å²) in [5.41, 5.74) is 6.06. The molecule has 3 N–H and O–H groups in total.